The zero-order valence-electron chi connectivity index (χ0n) is 39.2. The average molecular weight is 1000 g/mol. The third-order valence-corrected chi connectivity index (χ3v) is 18.8. The summed E-state index contributed by atoms with van der Waals surface area (Å²) < 4.78 is 60.3. The molecule has 0 saturated heterocycles. The number of fused-ring (bicyclic) bond motifs is 2. The highest BCUT2D eigenvalue weighted by atomic mass is 32.2. The van der Waals surface area contributed by atoms with Crippen LogP contribution in [0.15, 0.2) is 84.9 Å². The van der Waals surface area contributed by atoms with E-state index in [1.807, 2.05) is 26.0 Å². The van der Waals surface area contributed by atoms with Gasteiger partial charge in [0.25, 0.3) is 0 Å². The molecule has 0 radical (unpaired) electrons. The van der Waals surface area contributed by atoms with Crippen LogP contribution in [0.5, 0.6) is 11.5 Å². The number of sulfone groups is 2. The first-order chi connectivity index (χ1) is 31.9. The minimum atomic E-state index is -3.61. The topological polar surface area (TPSA) is 213 Å². The van der Waals surface area contributed by atoms with Gasteiger partial charge in [0.2, 0.25) is 0 Å². The summed E-state index contributed by atoms with van der Waals surface area (Å²) in [5.41, 5.74) is 4.75. The summed E-state index contributed by atoms with van der Waals surface area (Å²) in [6, 6.07) is 24.8. The van der Waals surface area contributed by atoms with E-state index in [1.54, 1.807) is 114 Å². The summed E-state index contributed by atoms with van der Waals surface area (Å²) in [4.78, 5) is 26.0. The summed E-state index contributed by atoms with van der Waals surface area (Å²) in [5, 5.41) is 41.8. The Morgan fingerprint density at radius 1 is 0.588 bits per heavy atom. The van der Waals surface area contributed by atoms with E-state index in [-0.39, 0.29) is 11.8 Å². The normalized spacial score (nSPS) is 18.3. The van der Waals surface area contributed by atoms with Gasteiger partial charge in [-0.15, -0.1) is 43.1 Å². The van der Waals surface area contributed by atoms with E-state index in [1.165, 1.54) is 22.7 Å². The number of rotatable bonds is 12. The predicted octanol–water partition coefficient (Wildman–Crippen LogP) is 8.39. The van der Waals surface area contributed by atoms with Crippen LogP contribution in [-0.4, -0.2) is 93.2 Å². The third-order valence-electron chi connectivity index (χ3n) is 12.1. The molecule has 0 fully saturated rings. The van der Waals surface area contributed by atoms with Crippen molar-refractivity contribution in [3.63, 3.8) is 0 Å². The SMILES string of the molecule is Cc1nnc(C[C@@H]2COc3cc(-c4ccccc4C(=O)CS(=O)(=O)C(C)(C)C)ccc3[C@H]2O)s1.Cc1nnc(C[C@H]2COc3cc(-c4ccccc4C(=O)CS(=O)(=O)C(C)(C)C)ccc3[C@@H]2O)s1. The van der Waals surface area contributed by atoms with Gasteiger partial charge in [0.15, 0.2) is 31.2 Å². The van der Waals surface area contributed by atoms with Crippen molar-refractivity contribution < 1.29 is 46.1 Å². The highest BCUT2D eigenvalue weighted by Crippen LogP contribution is 2.42. The van der Waals surface area contributed by atoms with Gasteiger partial charge in [-0.2, -0.15) is 0 Å². The number of hydrogen-bond acceptors (Lipinski definition) is 16. The lowest BCUT2D eigenvalue weighted by Crippen LogP contribution is -2.33. The van der Waals surface area contributed by atoms with Gasteiger partial charge in [0.05, 0.1) is 34.9 Å². The fraction of sp³-hybridized carbons (Fsp3) is 0.400. The molecular weight excluding hydrogens is 945 g/mol. The lowest BCUT2D eigenvalue weighted by Gasteiger charge is -2.30. The molecule has 0 spiro atoms. The van der Waals surface area contributed by atoms with Crippen molar-refractivity contribution >= 4 is 53.9 Å². The van der Waals surface area contributed by atoms with Crippen molar-refractivity contribution in [3.05, 3.63) is 127 Å². The summed E-state index contributed by atoms with van der Waals surface area (Å²) in [6.07, 6.45) is -0.271. The molecule has 2 aromatic heterocycles. The number of carbonyl (C=O) groups excluding carboxylic acids is 2. The highest BCUT2D eigenvalue weighted by Gasteiger charge is 2.35. The van der Waals surface area contributed by atoms with E-state index < -0.39 is 64.4 Å². The fourth-order valence-electron chi connectivity index (χ4n) is 7.75. The van der Waals surface area contributed by atoms with Gasteiger partial charge in [0.1, 0.15) is 43.0 Å². The Bertz CT molecular complexity index is 2860. The number of carbonyl (C=O) groups is 2. The lowest BCUT2D eigenvalue weighted by molar-refractivity contribution is 0.0505. The Morgan fingerprint density at radius 3 is 1.29 bits per heavy atom. The predicted molar refractivity (Wildman–Crippen MR) is 264 cm³/mol. The Hall–Kier alpha value is -5.24. The molecular formula is C50H56N4O10S4. The molecule has 0 unspecified atom stereocenters. The zero-order valence-corrected chi connectivity index (χ0v) is 42.5. The van der Waals surface area contributed by atoms with Crippen LogP contribution in [0.4, 0.5) is 0 Å². The minimum Gasteiger partial charge on any atom is -0.493 e. The number of nitrogens with zero attached hydrogens (tertiary/aromatic N) is 4. The van der Waals surface area contributed by atoms with E-state index in [0.717, 1.165) is 31.2 Å². The molecule has 4 heterocycles. The van der Waals surface area contributed by atoms with Gasteiger partial charge in [0, 0.05) is 46.9 Å². The van der Waals surface area contributed by atoms with E-state index >= 15 is 0 Å². The lowest BCUT2D eigenvalue weighted by atomic mass is 9.89. The molecule has 4 atom stereocenters. The minimum absolute atomic E-state index is 0.137. The number of aliphatic hydroxyl groups is 2. The van der Waals surface area contributed by atoms with Gasteiger partial charge in [-0.3, -0.25) is 9.59 Å². The third kappa shape index (κ3) is 11.3. The molecule has 14 nitrogen and oxygen atoms in total. The van der Waals surface area contributed by atoms with Crippen molar-refractivity contribution in [3.8, 4) is 33.8 Å². The maximum atomic E-state index is 13.0. The Balaban J connectivity index is 0.000000201. The molecule has 68 heavy (non-hydrogen) atoms. The molecule has 0 bridgehead atoms. The first-order valence-electron chi connectivity index (χ1n) is 22.1. The number of aromatic nitrogens is 4. The fourth-order valence-corrected chi connectivity index (χ4v) is 11.2. The van der Waals surface area contributed by atoms with Crippen LogP contribution in [0.3, 0.4) is 0 Å². The van der Waals surface area contributed by atoms with Crippen molar-refractivity contribution in [2.45, 2.75) is 89.9 Å². The zero-order chi connectivity index (χ0) is 49.3. The summed E-state index contributed by atoms with van der Waals surface area (Å²) in [5.74, 6) is -1.17. The standard InChI is InChI=1S/2C25H28N2O5S2/c2*1-15-26-27-23(33-15)12-17-13-32-22-11-16(9-10-20(22)24(17)29)18-7-5-6-8-19(18)21(28)14-34(30,31)25(2,3)4/h2*5-11,17,24,29H,12-14H2,1-4H3/t2*17-,24+/m10/s1. The van der Waals surface area contributed by atoms with Gasteiger partial charge in [-0.1, -0.05) is 72.8 Å². The second-order valence-corrected chi connectivity index (χ2v) is 27.1. The molecule has 360 valence electrons. The number of Topliss-reactive ketones (excluding diaryl/α,β-unsaturated/α-hetero) is 2. The molecule has 18 heteroatoms. The van der Waals surface area contributed by atoms with Gasteiger partial charge >= 0.3 is 0 Å². The van der Waals surface area contributed by atoms with Gasteiger partial charge < -0.3 is 19.7 Å². The number of aliphatic hydroxyl groups excluding tert-OH is 2. The molecule has 0 saturated carbocycles. The van der Waals surface area contributed by atoms with E-state index in [9.17, 15) is 36.6 Å². The van der Waals surface area contributed by atoms with Crippen LogP contribution >= 0.6 is 22.7 Å². The molecule has 6 aromatic rings. The second kappa shape index (κ2) is 20.0. The molecule has 8 rings (SSSR count). The molecule has 2 aliphatic heterocycles. The Kier molecular flexibility index (Phi) is 14.9. The van der Waals surface area contributed by atoms with Gasteiger partial charge in [-0.05, 0) is 89.8 Å². The highest BCUT2D eigenvalue weighted by molar-refractivity contribution is 7.93. The Morgan fingerprint density at radius 2 is 0.956 bits per heavy atom. The second-order valence-electron chi connectivity index (χ2n) is 19.1. The van der Waals surface area contributed by atoms with Crippen LogP contribution in [0.25, 0.3) is 22.3 Å². The van der Waals surface area contributed by atoms with Crippen molar-refractivity contribution in [1.82, 2.24) is 20.4 Å². The van der Waals surface area contributed by atoms with Crippen LogP contribution in [0.1, 0.15) is 106 Å². The number of ether oxygens (including phenoxy) is 2. The van der Waals surface area contributed by atoms with Gasteiger partial charge in [-0.25, -0.2) is 16.8 Å². The van der Waals surface area contributed by atoms with Crippen molar-refractivity contribution in [2.75, 3.05) is 24.7 Å². The van der Waals surface area contributed by atoms with Crippen molar-refractivity contribution in [1.29, 1.82) is 0 Å². The van der Waals surface area contributed by atoms with E-state index in [0.29, 0.717) is 70.9 Å². The van der Waals surface area contributed by atoms with Crippen LogP contribution in [0, 0.1) is 25.7 Å². The van der Waals surface area contributed by atoms with E-state index in [2.05, 4.69) is 20.4 Å². The van der Waals surface area contributed by atoms with Crippen LogP contribution in [-0.2, 0) is 32.5 Å². The number of ketones is 2. The average Bonchev–Trinajstić information content (AvgIpc) is 3.90. The Labute approximate surface area is 405 Å². The molecule has 2 aliphatic rings. The largest absolute Gasteiger partial charge is 0.493 e. The first-order valence-corrected chi connectivity index (χ1v) is 27.0. The molecule has 0 amide bonds. The molecule has 4 aromatic carbocycles. The smallest absolute Gasteiger partial charge is 0.178 e. The van der Waals surface area contributed by atoms with Crippen LogP contribution < -0.4 is 9.47 Å². The number of hydrogen-bond donors (Lipinski definition) is 2. The number of benzene rings is 4. The van der Waals surface area contributed by atoms with E-state index in [4.69, 9.17) is 9.47 Å². The van der Waals surface area contributed by atoms with Crippen molar-refractivity contribution in [2.24, 2.45) is 11.8 Å². The molecule has 0 aliphatic carbocycles. The van der Waals surface area contributed by atoms with Crippen LogP contribution in [0.2, 0.25) is 0 Å². The quantitative estimate of drug-likeness (QED) is 0.110. The molecule has 2 N–H and O–H groups in total. The monoisotopic (exact) mass is 1000 g/mol. The summed E-state index contributed by atoms with van der Waals surface area (Å²) in [6.45, 7) is 14.0. The number of aryl methyl sites for hydroxylation is 2. The maximum Gasteiger partial charge on any atom is 0.178 e. The summed E-state index contributed by atoms with van der Waals surface area (Å²) in [7, 11) is -7.22. The summed E-state index contributed by atoms with van der Waals surface area (Å²) >= 11 is 3.02. The first kappa shape index (κ1) is 50.6. The maximum absolute atomic E-state index is 13.0.